The molecule has 35 heavy (non-hydrogen) atoms. The van der Waals surface area contributed by atoms with Crippen molar-refractivity contribution in [2.75, 3.05) is 43.0 Å². The van der Waals surface area contributed by atoms with Crippen molar-refractivity contribution in [2.24, 2.45) is 5.92 Å². The number of rotatable bonds is 7. The molecule has 2 atom stereocenters. The van der Waals surface area contributed by atoms with E-state index in [0.29, 0.717) is 31.0 Å². The molecule has 0 aliphatic carbocycles. The molecule has 182 valence electrons. The lowest BCUT2D eigenvalue weighted by Gasteiger charge is -2.46. The van der Waals surface area contributed by atoms with Crippen molar-refractivity contribution in [2.45, 2.75) is 32.4 Å². The minimum Gasteiger partial charge on any atom is -0.477 e. The Hall–Kier alpha value is -3.59. The highest BCUT2D eigenvalue weighted by Gasteiger charge is 2.34. The summed E-state index contributed by atoms with van der Waals surface area (Å²) in [6.45, 7) is 7.35. The van der Waals surface area contributed by atoms with Gasteiger partial charge in [-0.2, -0.15) is 5.10 Å². The predicted octanol–water partition coefficient (Wildman–Crippen LogP) is 3.85. The Bertz CT molecular complexity index is 1290. The minimum atomic E-state index is 0.515. The van der Waals surface area contributed by atoms with Crippen LogP contribution in [0.3, 0.4) is 0 Å². The van der Waals surface area contributed by atoms with E-state index in [0.717, 1.165) is 66.6 Å². The van der Waals surface area contributed by atoms with Gasteiger partial charge in [-0.3, -0.25) is 10.00 Å². The van der Waals surface area contributed by atoms with Crippen molar-refractivity contribution in [3.63, 3.8) is 0 Å². The lowest BCUT2D eigenvalue weighted by Crippen LogP contribution is -2.57. The fourth-order valence-electron chi connectivity index (χ4n) is 5.22. The third kappa shape index (κ3) is 4.81. The summed E-state index contributed by atoms with van der Waals surface area (Å²) in [6, 6.07) is 16.6. The Morgan fingerprint density at radius 3 is 2.97 bits per heavy atom. The quantitative estimate of drug-likeness (QED) is 0.418. The van der Waals surface area contributed by atoms with Gasteiger partial charge in [0, 0.05) is 56.0 Å². The highest BCUT2D eigenvalue weighted by atomic mass is 16.5. The number of aromatic amines is 1. The van der Waals surface area contributed by atoms with E-state index in [1.165, 1.54) is 6.42 Å². The number of nitrogens with zero attached hydrogens (tertiary/aromatic N) is 5. The number of pyridine rings is 1. The van der Waals surface area contributed by atoms with E-state index in [1.54, 1.807) is 0 Å². The summed E-state index contributed by atoms with van der Waals surface area (Å²) in [5.41, 5.74) is 2.82. The maximum Gasteiger partial charge on any atom is 0.213 e. The van der Waals surface area contributed by atoms with Crippen LogP contribution in [0.5, 0.6) is 5.88 Å². The first-order chi connectivity index (χ1) is 17.2. The van der Waals surface area contributed by atoms with E-state index in [1.807, 2.05) is 49.4 Å². The molecule has 2 saturated heterocycles. The summed E-state index contributed by atoms with van der Waals surface area (Å²) in [4.78, 5) is 9.67. The average molecular weight is 474 g/mol. The molecular formula is C26H31N7O2. The average Bonchev–Trinajstić information content (AvgIpc) is 3.52. The van der Waals surface area contributed by atoms with E-state index in [-0.39, 0.29) is 0 Å². The van der Waals surface area contributed by atoms with E-state index >= 15 is 0 Å². The van der Waals surface area contributed by atoms with E-state index in [9.17, 15) is 0 Å². The first kappa shape index (κ1) is 21.9. The summed E-state index contributed by atoms with van der Waals surface area (Å²) < 4.78 is 11.7. The first-order valence-electron chi connectivity index (χ1n) is 12.4. The van der Waals surface area contributed by atoms with Gasteiger partial charge in [0.1, 0.15) is 5.82 Å². The van der Waals surface area contributed by atoms with Gasteiger partial charge in [0.15, 0.2) is 11.4 Å². The number of H-pyrrole nitrogens is 1. The predicted molar refractivity (Wildman–Crippen MR) is 135 cm³/mol. The SMILES string of the molecule is Cc1cc(NCc2cccc(OC[C@@H]3CC[C@@H]4CN(c5noc6ccccc56)CCN4C3)n2)n[nH]1. The molecule has 5 heterocycles. The van der Waals surface area contributed by atoms with Gasteiger partial charge in [0.05, 0.1) is 24.2 Å². The largest absolute Gasteiger partial charge is 0.477 e. The summed E-state index contributed by atoms with van der Waals surface area (Å²) in [5.74, 6) is 3.01. The van der Waals surface area contributed by atoms with Crippen LogP contribution >= 0.6 is 0 Å². The van der Waals surface area contributed by atoms with Crippen LogP contribution < -0.4 is 15.0 Å². The molecule has 4 aromatic rings. The fourth-order valence-corrected chi connectivity index (χ4v) is 5.22. The van der Waals surface area contributed by atoms with Gasteiger partial charge in [0.2, 0.25) is 5.88 Å². The summed E-state index contributed by atoms with van der Waals surface area (Å²) in [6.07, 6.45) is 2.33. The molecule has 2 fully saturated rings. The number of fused-ring (bicyclic) bond motifs is 2. The van der Waals surface area contributed by atoms with Crippen molar-refractivity contribution in [3.8, 4) is 5.88 Å². The highest BCUT2D eigenvalue weighted by Crippen LogP contribution is 2.31. The van der Waals surface area contributed by atoms with Gasteiger partial charge >= 0.3 is 0 Å². The molecule has 1 aromatic carbocycles. The number of anilines is 2. The first-order valence-corrected chi connectivity index (χ1v) is 12.4. The van der Waals surface area contributed by atoms with Crippen LogP contribution in [0.15, 0.2) is 53.1 Å². The number of benzene rings is 1. The normalized spacial score (nSPS) is 20.7. The second kappa shape index (κ2) is 9.58. The van der Waals surface area contributed by atoms with Crippen LogP contribution in [-0.4, -0.2) is 64.1 Å². The maximum absolute atomic E-state index is 6.13. The van der Waals surface area contributed by atoms with Gasteiger partial charge in [-0.1, -0.05) is 23.4 Å². The topological polar surface area (TPSA) is 95.3 Å². The zero-order valence-electron chi connectivity index (χ0n) is 20.0. The number of piperazine rings is 1. The molecule has 0 radical (unpaired) electrons. The lowest BCUT2D eigenvalue weighted by atomic mass is 9.91. The van der Waals surface area contributed by atoms with Gasteiger partial charge in [-0.15, -0.1) is 0 Å². The van der Waals surface area contributed by atoms with Gasteiger partial charge in [-0.25, -0.2) is 4.98 Å². The van der Waals surface area contributed by atoms with E-state index in [4.69, 9.17) is 9.26 Å². The molecular weight excluding hydrogens is 442 g/mol. The molecule has 9 nitrogen and oxygen atoms in total. The van der Waals surface area contributed by atoms with Gasteiger partial charge in [-0.05, 0) is 38.0 Å². The number of aromatic nitrogens is 4. The molecule has 0 amide bonds. The Labute approximate surface area is 204 Å². The number of hydrogen-bond donors (Lipinski definition) is 2. The maximum atomic E-state index is 6.13. The van der Waals surface area contributed by atoms with Crippen LogP contribution in [0.25, 0.3) is 11.0 Å². The van der Waals surface area contributed by atoms with Crippen LogP contribution in [0.2, 0.25) is 0 Å². The van der Waals surface area contributed by atoms with Crippen LogP contribution in [0, 0.1) is 12.8 Å². The summed E-state index contributed by atoms with van der Waals surface area (Å²) >= 11 is 0. The number of nitrogens with one attached hydrogen (secondary N) is 2. The second-order valence-corrected chi connectivity index (χ2v) is 9.61. The highest BCUT2D eigenvalue weighted by molar-refractivity contribution is 5.88. The number of aryl methyl sites for hydroxylation is 1. The standard InChI is InChI=1S/C26H31N7O2/c1-18-13-24(30-29-18)27-14-20-5-4-8-25(28-20)34-17-19-9-10-21-16-33(12-11-32(21)15-19)26-22-6-2-3-7-23(22)35-31-26/h2-8,13,19,21H,9-12,14-17H2,1H3,(H2,27,29,30)/t19-,21-/m1/s1. The summed E-state index contributed by atoms with van der Waals surface area (Å²) in [7, 11) is 0. The molecule has 9 heteroatoms. The molecule has 0 unspecified atom stereocenters. The zero-order valence-corrected chi connectivity index (χ0v) is 20.0. The number of ether oxygens (including phenoxy) is 1. The molecule has 0 spiro atoms. The molecule has 2 N–H and O–H groups in total. The third-order valence-electron chi connectivity index (χ3n) is 7.07. The Balaban J connectivity index is 1.01. The van der Waals surface area contributed by atoms with Gasteiger partial charge < -0.3 is 19.5 Å². The van der Waals surface area contributed by atoms with Crippen molar-refractivity contribution < 1.29 is 9.26 Å². The minimum absolute atomic E-state index is 0.515. The van der Waals surface area contributed by atoms with E-state index < -0.39 is 0 Å². The zero-order chi connectivity index (χ0) is 23.6. The molecule has 6 rings (SSSR count). The fraction of sp³-hybridized carbons (Fsp3) is 0.423. The van der Waals surface area contributed by atoms with Crippen LogP contribution in [-0.2, 0) is 6.54 Å². The van der Waals surface area contributed by atoms with E-state index in [2.05, 4.69) is 41.5 Å². The number of hydrogen-bond acceptors (Lipinski definition) is 8. The molecule has 2 aliphatic rings. The second-order valence-electron chi connectivity index (χ2n) is 9.61. The molecule has 2 aliphatic heterocycles. The van der Waals surface area contributed by atoms with Crippen molar-refractivity contribution >= 4 is 22.6 Å². The monoisotopic (exact) mass is 473 g/mol. The molecule has 0 saturated carbocycles. The van der Waals surface area contributed by atoms with Crippen molar-refractivity contribution in [1.29, 1.82) is 0 Å². The molecule has 3 aromatic heterocycles. The lowest BCUT2D eigenvalue weighted by molar-refractivity contribution is 0.0716. The van der Waals surface area contributed by atoms with Crippen molar-refractivity contribution in [1.82, 2.24) is 25.2 Å². The molecule has 0 bridgehead atoms. The summed E-state index contributed by atoms with van der Waals surface area (Å²) in [5, 5.41) is 15.9. The third-order valence-corrected chi connectivity index (χ3v) is 7.07. The Morgan fingerprint density at radius 2 is 2.06 bits per heavy atom. The van der Waals surface area contributed by atoms with Crippen LogP contribution in [0.1, 0.15) is 24.2 Å². The van der Waals surface area contributed by atoms with Gasteiger partial charge in [0.25, 0.3) is 0 Å². The Morgan fingerprint density at radius 1 is 1.11 bits per heavy atom. The smallest absolute Gasteiger partial charge is 0.213 e. The van der Waals surface area contributed by atoms with Crippen molar-refractivity contribution in [3.05, 3.63) is 59.9 Å². The number of para-hydroxylation sites is 1. The number of piperidine rings is 1. The Kier molecular flexibility index (Phi) is 5.99. The van der Waals surface area contributed by atoms with Crippen LogP contribution in [0.4, 0.5) is 11.6 Å².